The van der Waals surface area contributed by atoms with Crippen LogP contribution in [0, 0.1) is 23.7 Å². The van der Waals surface area contributed by atoms with Crippen LogP contribution in [0.25, 0.3) is 10.9 Å². The third kappa shape index (κ3) is 14.8. The van der Waals surface area contributed by atoms with Crippen molar-refractivity contribution in [3.05, 3.63) is 83.6 Å². The van der Waals surface area contributed by atoms with E-state index in [4.69, 9.17) is 4.74 Å². The lowest BCUT2D eigenvalue weighted by atomic mass is 9.94. The van der Waals surface area contributed by atoms with Gasteiger partial charge in [0.2, 0.25) is 41.4 Å². The van der Waals surface area contributed by atoms with Gasteiger partial charge in [0.1, 0.15) is 54.5 Å². The molecule has 7 amide bonds. The molecule has 0 radical (unpaired) electrons. The number of allylic oxidation sites excluding steroid dienone is 1. The SMILES string of the molecule is CO[C@H](c1ccccc1)[C@@H]1NC(=O)[C@H](C)NC(=O)[C@H](C[C@@H](C)CO)N(C)C(=O)[C@H]([C@H](O)c2cn(C(C)(C)[C@@H](C)O)c3ccccc23)NC(=O)[C@H]([C@H](C)C=C(C)C)NC(=O)[C@H](CC(C)C)N(C)C(=O)[C@H](C(C)C)NC1=O. The molecule has 4 rings (SSSR count). The number of carbonyl (C=O) groups is 7. The zero-order valence-corrected chi connectivity index (χ0v) is 46.5. The fraction of sp³-hybridized carbons (Fsp3) is 0.589. The third-order valence-corrected chi connectivity index (χ3v) is 14.4. The summed E-state index contributed by atoms with van der Waals surface area (Å²) >= 11 is 0. The fourth-order valence-corrected chi connectivity index (χ4v) is 9.45. The molecule has 0 bridgehead atoms. The van der Waals surface area contributed by atoms with E-state index in [-0.39, 0.29) is 24.3 Å². The predicted octanol–water partition coefficient (Wildman–Crippen LogP) is 3.61. The van der Waals surface area contributed by atoms with E-state index < -0.39 is 132 Å². The van der Waals surface area contributed by atoms with E-state index in [1.807, 2.05) is 41.5 Å². The molecule has 3 aromatic rings. The van der Waals surface area contributed by atoms with Crippen molar-refractivity contribution in [2.75, 3.05) is 27.8 Å². The van der Waals surface area contributed by atoms with Crippen LogP contribution in [0.15, 0.2) is 72.4 Å². The van der Waals surface area contributed by atoms with Crippen LogP contribution >= 0.6 is 0 Å². The summed E-state index contributed by atoms with van der Waals surface area (Å²) in [7, 11) is 4.11. The zero-order valence-electron chi connectivity index (χ0n) is 46.5. The van der Waals surface area contributed by atoms with Crippen molar-refractivity contribution in [1.29, 1.82) is 0 Å². The molecule has 1 aliphatic heterocycles. The van der Waals surface area contributed by atoms with E-state index >= 15 is 9.59 Å². The molecule has 0 unspecified atom stereocenters. The number of methoxy groups -OCH3 is 1. The van der Waals surface area contributed by atoms with E-state index in [1.54, 1.807) is 106 Å². The highest BCUT2D eigenvalue weighted by atomic mass is 16.5. The summed E-state index contributed by atoms with van der Waals surface area (Å²) in [4.78, 5) is 106. The molecule has 12 atom stereocenters. The molecule has 8 N–H and O–H groups in total. The lowest BCUT2D eigenvalue weighted by Gasteiger charge is -2.36. The number of aliphatic hydroxyl groups excluding tert-OH is 3. The average Bonchev–Trinajstić information content (AvgIpc) is 3.76. The summed E-state index contributed by atoms with van der Waals surface area (Å²) in [5, 5.41) is 48.4. The molecule has 1 saturated heterocycles. The number of nitrogens with zero attached hydrogens (tertiary/aromatic N) is 3. The van der Waals surface area contributed by atoms with Gasteiger partial charge in [-0.2, -0.15) is 0 Å². The van der Waals surface area contributed by atoms with E-state index in [9.17, 15) is 39.3 Å². The number of hydrogen-bond donors (Lipinski definition) is 8. The van der Waals surface area contributed by atoms with Gasteiger partial charge in [0.05, 0.1) is 11.6 Å². The summed E-state index contributed by atoms with van der Waals surface area (Å²) in [6.07, 6.45) is -0.477. The van der Waals surface area contributed by atoms with Crippen molar-refractivity contribution < 1.29 is 53.6 Å². The summed E-state index contributed by atoms with van der Waals surface area (Å²) in [6.45, 7) is 20.4. The highest BCUT2D eigenvalue weighted by Crippen LogP contribution is 2.35. The van der Waals surface area contributed by atoms with Crippen LogP contribution in [0.5, 0.6) is 0 Å². The number of amides is 7. The highest BCUT2D eigenvalue weighted by molar-refractivity contribution is 5.99. The van der Waals surface area contributed by atoms with Gasteiger partial charge < -0.3 is 61.0 Å². The Labute approximate surface area is 442 Å². The molecule has 19 nitrogen and oxygen atoms in total. The van der Waals surface area contributed by atoms with Gasteiger partial charge in [0, 0.05) is 56.4 Å². The second kappa shape index (κ2) is 26.6. The number of fused-ring (bicyclic) bond motifs is 1. The smallest absolute Gasteiger partial charge is 0.248 e. The maximum absolute atomic E-state index is 15.4. The normalized spacial score (nSPS) is 24.6. The Bertz CT molecular complexity index is 2500. The average molecular weight is 1050 g/mol. The summed E-state index contributed by atoms with van der Waals surface area (Å²) < 4.78 is 7.65. The van der Waals surface area contributed by atoms with E-state index in [0.717, 1.165) is 10.5 Å². The van der Waals surface area contributed by atoms with Crippen LogP contribution in [0.3, 0.4) is 0 Å². The first kappa shape index (κ1) is 61.4. The molecule has 1 fully saturated rings. The van der Waals surface area contributed by atoms with Crippen molar-refractivity contribution in [1.82, 2.24) is 41.0 Å². The molecule has 75 heavy (non-hydrogen) atoms. The second-order valence-electron chi connectivity index (χ2n) is 21.9. The van der Waals surface area contributed by atoms with Gasteiger partial charge in [-0.3, -0.25) is 33.6 Å². The number of aliphatic hydroxyl groups is 3. The van der Waals surface area contributed by atoms with Gasteiger partial charge in [-0.25, -0.2) is 0 Å². The maximum atomic E-state index is 15.4. The first-order valence-electron chi connectivity index (χ1n) is 25.9. The van der Waals surface area contributed by atoms with Gasteiger partial charge >= 0.3 is 0 Å². The van der Waals surface area contributed by atoms with Gasteiger partial charge in [-0.1, -0.05) is 102 Å². The maximum Gasteiger partial charge on any atom is 0.248 e. The van der Waals surface area contributed by atoms with Crippen molar-refractivity contribution in [2.24, 2.45) is 23.7 Å². The molecule has 1 aromatic heterocycles. The Kier molecular flexibility index (Phi) is 21.7. The van der Waals surface area contributed by atoms with Crippen LogP contribution in [-0.4, -0.2) is 147 Å². The Morgan fingerprint density at radius 2 is 1.19 bits per heavy atom. The minimum Gasteiger partial charge on any atom is -0.396 e. The number of hydrogen-bond acceptors (Lipinski definition) is 11. The zero-order chi connectivity index (χ0) is 56.4. The number of para-hydroxylation sites is 1. The van der Waals surface area contributed by atoms with Crippen molar-refractivity contribution >= 4 is 52.3 Å². The molecular weight excluding hydrogens is 961 g/mol. The topological polar surface area (TPSA) is 261 Å². The van der Waals surface area contributed by atoms with Crippen LogP contribution < -0.4 is 26.6 Å². The fourth-order valence-electron chi connectivity index (χ4n) is 9.45. The molecule has 0 aliphatic carbocycles. The van der Waals surface area contributed by atoms with E-state index in [2.05, 4.69) is 26.6 Å². The van der Waals surface area contributed by atoms with Crippen LogP contribution in [-0.2, 0) is 43.8 Å². The number of benzene rings is 2. The molecule has 0 saturated carbocycles. The highest BCUT2D eigenvalue weighted by Gasteiger charge is 2.44. The molecular formula is C56H84N8O11. The Balaban J connectivity index is 2.03. The minimum absolute atomic E-state index is 0.126. The quantitative estimate of drug-likeness (QED) is 0.102. The molecule has 19 heteroatoms. The van der Waals surface area contributed by atoms with Gasteiger partial charge in [-0.15, -0.1) is 0 Å². The molecule has 414 valence electrons. The Hall–Kier alpha value is -6.15. The molecule has 2 aromatic carbocycles. The number of carbonyl (C=O) groups excluding carboxylic acids is 7. The van der Waals surface area contributed by atoms with Crippen LogP contribution in [0.2, 0.25) is 0 Å². The monoisotopic (exact) mass is 1040 g/mol. The summed E-state index contributed by atoms with van der Waals surface area (Å²) in [5.74, 6) is -7.70. The van der Waals surface area contributed by atoms with Crippen LogP contribution in [0.4, 0.5) is 0 Å². The number of aromatic nitrogens is 1. The van der Waals surface area contributed by atoms with Crippen molar-refractivity contribution in [2.45, 2.75) is 162 Å². The van der Waals surface area contributed by atoms with Gasteiger partial charge in [0.15, 0.2) is 0 Å². The largest absolute Gasteiger partial charge is 0.396 e. The van der Waals surface area contributed by atoms with Crippen LogP contribution in [0.1, 0.15) is 119 Å². The second-order valence-corrected chi connectivity index (χ2v) is 21.9. The van der Waals surface area contributed by atoms with E-state index in [1.165, 1.54) is 33.0 Å². The first-order chi connectivity index (χ1) is 35.1. The number of ether oxygens (including phenoxy) is 1. The first-order valence-corrected chi connectivity index (χ1v) is 25.9. The van der Waals surface area contributed by atoms with Gasteiger partial charge in [0.25, 0.3) is 0 Å². The third-order valence-electron chi connectivity index (χ3n) is 14.4. The molecule has 0 spiro atoms. The minimum atomic E-state index is -1.85. The molecule has 2 heterocycles. The number of likely N-dealkylation sites (N-methyl/N-ethyl adjacent to an activating group) is 2. The number of rotatable bonds is 15. The number of nitrogens with one attached hydrogen (secondary N) is 5. The van der Waals surface area contributed by atoms with Crippen molar-refractivity contribution in [3.63, 3.8) is 0 Å². The Morgan fingerprint density at radius 1 is 0.680 bits per heavy atom. The summed E-state index contributed by atoms with van der Waals surface area (Å²) in [5.41, 5.74) is 1.16. The lowest BCUT2D eigenvalue weighted by Crippen LogP contribution is -2.62. The lowest BCUT2D eigenvalue weighted by molar-refractivity contribution is -0.146. The Morgan fingerprint density at radius 3 is 1.73 bits per heavy atom. The predicted molar refractivity (Wildman–Crippen MR) is 286 cm³/mol. The van der Waals surface area contributed by atoms with E-state index in [0.29, 0.717) is 16.5 Å². The van der Waals surface area contributed by atoms with Gasteiger partial charge in [-0.05, 0) is 83.8 Å². The standard InChI is InChI=1S/C56H84N8O11/c1-30(2)25-34(8)44-52(71)60-45(47(67)39-28-64(56(11,12)36(10)66)40-24-20-19-23-38(39)40)55(74)63(14)42(27-33(7)29-65)50(69)57-35(9)49(68)61-46(48(75-15)37-21-17-16-18-22-37)53(72)58-43(32(5)6)54(73)62(13)41(26-31(3)4)51(70)59-44/h16-25,28,31-36,41-48,65-67H,26-27,29H2,1-15H3,(H,57,69)(H,58,72)(H,59,70)(H,60,71)(H,61,68)/t33-,34-,35+,36-,41+,42+,43+,44+,45+,46+,47-,48-/m1/s1. The molecule has 1 aliphatic rings. The summed E-state index contributed by atoms with van der Waals surface area (Å²) in [6, 6.07) is 5.69. The van der Waals surface area contributed by atoms with Crippen molar-refractivity contribution in [3.8, 4) is 0 Å².